The summed E-state index contributed by atoms with van der Waals surface area (Å²) in [6.45, 7) is 5.20. The van der Waals surface area contributed by atoms with Gasteiger partial charge in [-0.05, 0) is 42.3 Å². The van der Waals surface area contributed by atoms with Crippen molar-refractivity contribution in [2.75, 3.05) is 11.1 Å². The standard InChI is InChI=1S/C28H25N7O3/c1-16(2)27(37)34-20-8-4-19(5-9-20)24-22(23-25(29)32-15-33-26(23)35(24)3)18-6-10-21(11-7-18)38-28-30-12-17(14-36)13-31-28/h4-13,15,36H,1,14H2,2-3H3,(H,34,37)(H2,29,32,33). The Morgan fingerprint density at radius 1 is 1.03 bits per heavy atom. The van der Waals surface area contributed by atoms with E-state index in [4.69, 9.17) is 15.6 Å². The minimum Gasteiger partial charge on any atom is -0.424 e. The summed E-state index contributed by atoms with van der Waals surface area (Å²) < 4.78 is 7.74. The molecule has 0 spiro atoms. The number of hydrogen-bond donors (Lipinski definition) is 3. The minimum absolute atomic E-state index is 0.138. The van der Waals surface area contributed by atoms with Crippen LogP contribution in [0.2, 0.25) is 0 Å². The van der Waals surface area contributed by atoms with Gasteiger partial charge in [0.15, 0.2) is 0 Å². The maximum Gasteiger partial charge on any atom is 0.321 e. The van der Waals surface area contributed by atoms with Crippen molar-refractivity contribution in [2.45, 2.75) is 13.5 Å². The summed E-state index contributed by atoms with van der Waals surface area (Å²) in [5, 5.41) is 12.7. The molecule has 0 saturated carbocycles. The van der Waals surface area contributed by atoms with E-state index in [0.717, 1.165) is 27.8 Å². The van der Waals surface area contributed by atoms with Gasteiger partial charge in [-0.3, -0.25) is 4.79 Å². The Hall–Kier alpha value is -5.09. The summed E-state index contributed by atoms with van der Waals surface area (Å²) in [5.41, 5.74) is 12.3. The second-order valence-electron chi connectivity index (χ2n) is 8.71. The zero-order valence-electron chi connectivity index (χ0n) is 20.8. The van der Waals surface area contributed by atoms with Crippen molar-refractivity contribution >= 4 is 28.4 Å². The summed E-state index contributed by atoms with van der Waals surface area (Å²) in [6, 6.07) is 15.2. The van der Waals surface area contributed by atoms with Crippen molar-refractivity contribution in [3.63, 3.8) is 0 Å². The molecule has 0 fully saturated rings. The van der Waals surface area contributed by atoms with Gasteiger partial charge in [0.25, 0.3) is 5.91 Å². The van der Waals surface area contributed by atoms with E-state index in [9.17, 15) is 4.79 Å². The molecule has 0 saturated heterocycles. The maximum absolute atomic E-state index is 12.0. The maximum atomic E-state index is 12.0. The van der Waals surface area contributed by atoms with Crippen molar-refractivity contribution in [3.8, 4) is 34.1 Å². The van der Waals surface area contributed by atoms with Crippen LogP contribution in [0.4, 0.5) is 11.5 Å². The number of fused-ring (bicyclic) bond motifs is 1. The Kier molecular flexibility index (Phi) is 6.55. The van der Waals surface area contributed by atoms with Crippen molar-refractivity contribution in [3.05, 3.63) is 85.0 Å². The molecule has 190 valence electrons. The number of carbonyl (C=O) groups excluding carboxylic acids is 1. The number of aliphatic hydroxyl groups excluding tert-OH is 1. The van der Waals surface area contributed by atoms with Crippen LogP contribution in [-0.2, 0) is 18.4 Å². The number of anilines is 2. The molecule has 3 heterocycles. The number of carbonyl (C=O) groups is 1. The molecular weight excluding hydrogens is 482 g/mol. The molecule has 38 heavy (non-hydrogen) atoms. The fourth-order valence-corrected chi connectivity index (χ4v) is 4.12. The fourth-order valence-electron chi connectivity index (χ4n) is 4.12. The van der Waals surface area contributed by atoms with Gasteiger partial charge in [0.2, 0.25) is 0 Å². The normalized spacial score (nSPS) is 10.9. The van der Waals surface area contributed by atoms with Crippen LogP contribution in [0.15, 0.2) is 79.4 Å². The predicted molar refractivity (Wildman–Crippen MR) is 145 cm³/mol. The number of rotatable bonds is 7. The first-order chi connectivity index (χ1) is 18.4. The van der Waals surface area contributed by atoms with Gasteiger partial charge in [-0.2, -0.15) is 0 Å². The number of hydrogen-bond acceptors (Lipinski definition) is 8. The van der Waals surface area contributed by atoms with Gasteiger partial charge in [0, 0.05) is 41.8 Å². The molecule has 0 atom stereocenters. The number of benzene rings is 2. The van der Waals surface area contributed by atoms with Crippen LogP contribution in [0.25, 0.3) is 33.4 Å². The number of aromatic nitrogens is 5. The average molecular weight is 508 g/mol. The molecule has 0 unspecified atom stereocenters. The van der Waals surface area contributed by atoms with Crippen LogP contribution in [0, 0.1) is 0 Å². The molecule has 5 rings (SSSR count). The number of amides is 1. The molecule has 0 aliphatic carbocycles. The van der Waals surface area contributed by atoms with Gasteiger partial charge in [-0.15, -0.1) is 0 Å². The number of nitrogens with one attached hydrogen (secondary N) is 1. The van der Waals surface area contributed by atoms with E-state index in [1.54, 1.807) is 6.92 Å². The molecule has 0 bridgehead atoms. The molecule has 10 heteroatoms. The van der Waals surface area contributed by atoms with E-state index in [0.29, 0.717) is 34.0 Å². The number of ether oxygens (including phenoxy) is 1. The minimum atomic E-state index is -0.233. The lowest BCUT2D eigenvalue weighted by molar-refractivity contribution is -0.112. The Labute approximate surface area is 218 Å². The molecule has 0 aliphatic rings. The molecule has 0 radical (unpaired) electrons. The van der Waals surface area contributed by atoms with E-state index < -0.39 is 0 Å². The average Bonchev–Trinajstić information content (AvgIpc) is 3.23. The Morgan fingerprint density at radius 3 is 2.32 bits per heavy atom. The second-order valence-corrected chi connectivity index (χ2v) is 8.71. The smallest absolute Gasteiger partial charge is 0.321 e. The highest BCUT2D eigenvalue weighted by Crippen LogP contribution is 2.42. The lowest BCUT2D eigenvalue weighted by Crippen LogP contribution is -2.11. The topological polar surface area (TPSA) is 141 Å². The van der Waals surface area contributed by atoms with Crippen LogP contribution in [0.3, 0.4) is 0 Å². The highest BCUT2D eigenvalue weighted by molar-refractivity contribution is 6.08. The highest BCUT2D eigenvalue weighted by atomic mass is 16.5. The Balaban J connectivity index is 1.55. The SMILES string of the molecule is C=C(C)C(=O)Nc1ccc(-c2c(-c3ccc(Oc4ncc(CO)cn4)cc3)c3c(N)ncnc3n2C)cc1. The summed E-state index contributed by atoms with van der Waals surface area (Å²) in [5.74, 6) is 0.687. The highest BCUT2D eigenvalue weighted by Gasteiger charge is 2.22. The monoisotopic (exact) mass is 507 g/mol. The molecule has 1 amide bonds. The lowest BCUT2D eigenvalue weighted by atomic mass is 9.98. The van der Waals surface area contributed by atoms with Crippen LogP contribution in [0.5, 0.6) is 11.8 Å². The van der Waals surface area contributed by atoms with E-state index >= 15 is 0 Å². The van der Waals surface area contributed by atoms with E-state index in [1.807, 2.05) is 60.1 Å². The lowest BCUT2D eigenvalue weighted by Gasteiger charge is -2.11. The fraction of sp³-hybridized carbons (Fsp3) is 0.107. The first kappa shape index (κ1) is 24.6. The molecule has 10 nitrogen and oxygen atoms in total. The zero-order chi connectivity index (χ0) is 26.8. The van der Waals surface area contributed by atoms with E-state index in [1.165, 1.54) is 18.7 Å². The molecule has 2 aromatic carbocycles. The summed E-state index contributed by atoms with van der Waals surface area (Å²) in [7, 11) is 1.93. The summed E-state index contributed by atoms with van der Waals surface area (Å²) >= 11 is 0. The van der Waals surface area contributed by atoms with Gasteiger partial charge < -0.3 is 25.5 Å². The number of aliphatic hydroxyl groups is 1. The quantitative estimate of drug-likeness (QED) is 0.274. The van der Waals surface area contributed by atoms with Gasteiger partial charge in [0.05, 0.1) is 17.7 Å². The predicted octanol–water partition coefficient (Wildman–Crippen LogP) is 4.47. The molecule has 5 aromatic rings. The zero-order valence-corrected chi connectivity index (χ0v) is 20.8. The third-order valence-electron chi connectivity index (χ3n) is 6.02. The molecular formula is C28H25N7O3. The van der Waals surface area contributed by atoms with Gasteiger partial charge in [0.1, 0.15) is 23.5 Å². The van der Waals surface area contributed by atoms with Gasteiger partial charge in [-0.25, -0.2) is 19.9 Å². The summed E-state index contributed by atoms with van der Waals surface area (Å²) in [4.78, 5) is 28.9. The van der Waals surface area contributed by atoms with Gasteiger partial charge in [-0.1, -0.05) is 30.8 Å². The second kappa shape index (κ2) is 10.1. The van der Waals surface area contributed by atoms with Crippen LogP contribution in [-0.4, -0.2) is 35.5 Å². The van der Waals surface area contributed by atoms with Crippen LogP contribution >= 0.6 is 0 Å². The van der Waals surface area contributed by atoms with Crippen molar-refractivity contribution < 1.29 is 14.6 Å². The largest absolute Gasteiger partial charge is 0.424 e. The Morgan fingerprint density at radius 2 is 1.68 bits per heavy atom. The number of aryl methyl sites for hydroxylation is 1. The van der Waals surface area contributed by atoms with Crippen molar-refractivity contribution in [1.82, 2.24) is 24.5 Å². The first-order valence-corrected chi connectivity index (χ1v) is 11.7. The van der Waals surface area contributed by atoms with Crippen molar-refractivity contribution in [1.29, 1.82) is 0 Å². The Bertz CT molecular complexity index is 1640. The molecule has 4 N–H and O–H groups in total. The van der Waals surface area contributed by atoms with Crippen LogP contribution in [0.1, 0.15) is 12.5 Å². The number of nitrogen functional groups attached to an aromatic ring is 1. The van der Waals surface area contributed by atoms with Gasteiger partial charge >= 0.3 is 6.01 Å². The summed E-state index contributed by atoms with van der Waals surface area (Å²) in [6.07, 6.45) is 4.47. The third kappa shape index (κ3) is 4.67. The third-order valence-corrected chi connectivity index (χ3v) is 6.02. The van der Waals surface area contributed by atoms with E-state index in [-0.39, 0.29) is 18.5 Å². The number of nitrogens with two attached hydrogens (primary N) is 1. The van der Waals surface area contributed by atoms with Crippen LogP contribution < -0.4 is 15.8 Å². The first-order valence-electron chi connectivity index (χ1n) is 11.7. The number of nitrogens with zero attached hydrogens (tertiary/aromatic N) is 5. The molecule has 3 aromatic heterocycles. The molecule has 0 aliphatic heterocycles. The van der Waals surface area contributed by atoms with Crippen molar-refractivity contribution in [2.24, 2.45) is 7.05 Å². The van der Waals surface area contributed by atoms with E-state index in [2.05, 4.69) is 31.8 Å².